The Kier molecular flexibility index (Phi) is 5.01. The summed E-state index contributed by atoms with van der Waals surface area (Å²) in [6.45, 7) is 2.24. The lowest BCUT2D eigenvalue weighted by atomic mass is 10.4. The van der Waals surface area contributed by atoms with Crippen molar-refractivity contribution in [1.29, 1.82) is 0 Å². The van der Waals surface area contributed by atoms with E-state index in [9.17, 15) is 8.42 Å². The van der Waals surface area contributed by atoms with Crippen molar-refractivity contribution >= 4 is 32.7 Å². The maximum absolute atomic E-state index is 11.6. The van der Waals surface area contributed by atoms with Gasteiger partial charge in [0, 0.05) is 3.57 Å². The third-order valence-corrected chi connectivity index (χ3v) is 3.80. The van der Waals surface area contributed by atoms with Gasteiger partial charge in [0.05, 0.1) is 11.5 Å². The van der Waals surface area contributed by atoms with Crippen LogP contribution in [-0.4, -0.2) is 15.0 Å². The standard InChI is InChI=1S/C10H13IO3S/c1-2-3-7-14-15(12,13)10-6-4-5-9(11)8-10/h4-6,8H,2-3,7H2,1H3. The number of unbranched alkanes of at least 4 members (excludes halogenated alkanes) is 1. The Morgan fingerprint density at radius 1 is 1.40 bits per heavy atom. The third kappa shape index (κ3) is 4.08. The van der Waals surface area contributed by atoms with Gasteiger partial charge in [-0.1, -0.05) is 19.4 Å². The van der Waals surface area contributed by atoms with E-state index in [0.29, 0.717) is 0 Å². The Morgan fingerprint density at radius 2 is 2.13 bits per heavy atom. The first-order valence-corrected chi connectivity index (χ1v) is 7.20. The van der Waals surface area contributed by atoms with E-state index in [1.54, 1.807) is 18.2 Å². The Hall–Kier alpha value is -0.140. The molecular formula is C10H13IO3S. The molecule has 3 nitrogen and oxygen atoms in total. The van der Waals surface area contributed by atoms with Crippen molar-refractivity contribution < 1.29 is 12.6 Å². The minimum atomic E-state index is -3.56. The number of hydrogen-bond acceptors (Lipinski definition) is 3. The lowest BCUT2D eigenvalue weighted by Crippen LogP contribution is -2.07. The number of benzene rings is 1. The monoisotopic (exact) mass is 340 g/mol. The lowest BCUT2D eigenvalue weighted by molar-refractivity contribution is 0.311. The van der Waals surface area contributed by atoms with E-state index in [4.69, 9.17) is 4.18 Å². The molecule has 1 aromatic rings. The summed E-state index contributed by atoms with van der Waals surface area (Å²) >= 11 is 2.07. The van der Waals surface area contributed by atoms with E-state index in [1.165, 1.54) is 0 Å². The quantitative estimate of drug-likeness (QED) is 0.470. The minimum absolute atomic E-state index is 0.227. The number of rotatable bonds is 5. The maximum atomic E-state index is 11.6. The molecule has 0 bridgehead atoms. The molecular weight excluding hydrogens is 327 g/mol. The molecule has 84 valence electrons. The highest BCUT2D eigenvalue weighted by atomic mass is 127. The summed E-state index contributed by atoms with van der Waals surface area (Å²) in [5.41, 5.74) is 0. The Morgan fingerprint density at radius 3 is 2.73 bits per heavy atom. The van der Waals surface area contributed by atoms with E-state index < -0.39 is 10.1 Å². The first-order valence-electron chi connectivity index (χ1n) is 4.71. The van der Waals surface area contributed by atoms with E-state index in [2.05, 4.69) is 22.6 Å². The van der Waals surface area contributed by atoms with Crippen molar-refractivity contribution in [2.75, 3.05) is 6.61 Å². The SMILES string of the molecule is CCCCOS(=O)(=O)c1cccc(I)c1. The fourth-order valence-corrected chi connectivity index (χ4v) is 2.75. The van der Waals surface area contributed by atoms with Crippen LogP contribution in [0, 0.1) is 3.57 Å². The average Bonchev–Trinajstić information content (AvgIpc) is 2.18. The maximum Gasteiger partial charge on any atom is 0.297 e. The summed E-state index contributed by atoms with van der Waals surface area (Å²) in [5, 5.41) is 0. The van der Waals surface area contributed by atoms with Gasteiger partial charge in [-0.15, -0.1) is 0 Å². The lowest BCUT2D eigenvalue weighted by Gasteiger charge is -2.04. The van der Waals surface area contributed by atoms with Crippen molar-refractivity contribution in [3.8, 4) is 0 Å². The molecule has 0 atom stereocenters. The van der Waals surface area contributed by atoms with Crippen molar-refractivity contribution in [3.05, 3.63) is 27.8 Å². The van der Waals surface area contributed by atoms with Gasteiger partial charge in [0.2, 0.25) is 0 Å². The predicted octanol–water partition coefficient (Wildman–Crippen LogP) is 2.80. The topological polar surface area (TPSA) is 43.4 Å². The molecule has 0 spiro atoms. The second-order valence-corrected chi connectivity index (χ2v) is 5.95. The Labute approximate surface area is 104 Å². The van der Waals surface area contributed by atoms with Crippen LogP contribution in [0.3, 0.4) is 0 Å². The van der Waals surface area contributed by atoms with Gasteiger partial charge < -0.3 is 0 Å². The molecule has 0 aliphatic rings. The Balaban J connectivity index is 2.77. The minimum Gasteiger partial charge on any atom is -0.266 e. The fourth-order valence-electron chi connectivity index (χ4n) is 1.00. The highest BCUT2D eigenvalue weighted by Gasteiger charge is 2.14. The van der Waals surface area contributed by atoms with Crippen LogP contribution < -0.4 is 0 Å². The van der Waals surface area contributed by atoms with Crippen LogP contribution in [0.2, 0.25) is 0 Å². The zero-order valence-electron chi connectivity index (χ0n) is 8.44. The van der Waals surface area contributed by atoms with Gasteiger partial charge in [0.15, 0.2) is 0 Å². The van der Waals surface area contributed by atoms with Gasteiger partial charge in [-0.2, -0.15) is 8.42 Å². The summed E-state index contributed by atoms with van der Waals surface area (Å²) in [4.78, 5) is 0.227. The van der Waals surface area contributed by atoms with E-state index in [-0.39, 0.29) is 11.5 Å². The van der Waals surface area contributed by atoms with Crippen LogP contribution in [0.1, 0.15) is 19.8 Å². The van der Waals surface area contributed by atoms with E-state index in [0.717, 1.165) is 16.4 Å². The largest absolute Gasteiger partial charge is 0.297 e. The highest BCUT2D eigenvalue weighted by molar-refractivity contribution is 14.1. The van der Waals surface area contributed by atoms with Crippen LogP contribution in [0.25, 0.3) is 0 Å². The second kappa shape index (κ2) is 5.81. The molecule has 0 unspecified atom stereocenters. The van der Waals surface area contributed by atoms with Crippen molar-refractivity contribution in [1.82, 2.24) is 0 Å². The van der Waals surface area contributed by atoms with E-state index in [1.807, 2.05) is 13.0 Å². The number of hydrogen-bond donors (Lipinski definition) is 0. The second-order valence-electron chi connectivity index (χ2n) is 3.09. The van der Waals surface area contributed by atoms with Gasteiger partial charge in [-0.05, 0) is 47.2 Å². The van der Waals surface area contributed by atoms with Gasteiger partial charge in [0.25, 0.3) is 10.1 Å². The molecule has 0 saturated carbocycles. The predicted molar refractivity (Wildman–Crippen MR) is 67.2 cm³/mol. The molecule has 0 radical (unpaired) electrons. The van der Waals surface area contributed by atoms with Crippen LogP contribution in [0.5, 0.6) is 0 Å². The zero-order valence-corrected chi connectivity index (χ0v) is 11.4. The van der Waals surface area contributed by atoms with Gasteiger partial charge in [-0.25, -0.2) is 0 Å². The summed E-state index contributed by atoms with van der Waals surface area (Å²) < 4.78 is 29.0. The molecule has 1 rings (SSSR count). The summed E-state index contributed by atoms with van der Waals surface area (Å²) in [6.07, 6.45) is 1.67. The first-order chi connectivity index (χ1) is 7.06. The number of halogens is 1. The van der Waals surface area contributed by atoms with Gasteiger partial charge >= 0.3 is 0 Å². The molecule has 0 heterocycles. The van der Waals surface area contributed by atoms with Crippen molar-refractivity contribution in [2.24, 2.45) is 0 Å². The smallest absolute Gasteiger partial charge is 0.266 e. The van der Waals surface area contributed by atoms with E-state index >= 15 is 0 Å². The highest BCUT2D eigenvalue weighted by Crippen LogP contribution is 2.15. The summed E-state index contributed by atoms with van der Waals surface area (Å²) in [6, 6.07) is 6.69. The van der Waals surface area contributed by atoms with Crippen molar-refractivity contribution in [2.45, 2.75) is 24.7 Å². The molecule has 0 aliphatic heterocycles. The molecule has 0 fully saturated rings. The van der Waals surface area contributed by atoms with Crippen LogP contribution in [0.15, 0.2) is 29.2 Å². The Bertz CT molecular complexity index is 414. The molecule has 0 N–H and O–H groups in total. The van der Waals surface area contributed by atoms with Crippen molar-refractivity contribution in [3.63, 3.8) is 0 Å². The zero-order chi connectivity index (χ0) is 11.3. The molecule has 0 amide bonds. The molecule has 1 aromatic carbocycles. The fraction of sp³-hybridized carbons (Fsp3) is 0.400. The van der Waals surface area contributed by atoms with Crippen LogP contribution in [-0.2, 0) is 14.3 Å². The molecule has 5 heteroatoms. The van der Waals surface area contributed by atoms with Gasteiger partial charge in [-0.3, -0.25) is 4.18 Å². The van der Waals surface area contributed by atoms with Gasteiger partial charge in [0.1, 0.15) is 0 Å². The molecule has 15 heavy (non-hydrogen) atoms. The molecule has 0 aliphatic carbocycles. The van der Waals surface area contributed by atoms with Crippen LogP contribution >= 0.6 is 22.6 Å². The molecule has 0 aromatic heterocycles. The average molecular weight is 340 g/mol. The summed E-state index contributed by atoms with van der Waals surface area (Å²) in [5.74, 6) is 0. The molecule has 0 saturated heterocycles. The first kappa shape index (κ1) is 12.9. The normalized spacial score (nSPS) is 11.6. The van der Waals surface area contributed by atoms with Crippen LogP contribution in [0.4, 0.5) is 0 Å². The summed E-state index contributed by atoms with van der Waals surface area (Å²) in [7, 11) is -3.56. The third-order valence-electron chi connectivity index (χ3n) is 1.82.